The van der Waals surface area contributed by atoms with E-state index < -0.39 is 33.4 Å². The predicted molar refractivity (Wildman–Crippen MR) is 125 cm³/mol. The molecular weight excluding hydrogens is 432 g/mol. The largest absolute Gasteiger partial charge is 0.550 e. The van der Waals surface area contributed by atoms with Crippen LogP contribution in [0.25, 0.3) is 0 Å². The number of rotatable bonds is 22. The van der Waals surface area contributed by atoms with Crippen molar-refractivity contribution in [3.05, 3.63) is 0 Å². The van der Waals surface area contributed by atoms with E-state index in [-0.39, 0.29) is 19.3 Å². The van der Waals surface area contributed by atoms with Gasteiger partial charge in [0.15, 0.2) is 0 Å². The molecule has 0 saturated heterocycles. The van der Waals surface area contributed by atoms with Crippen LogP contribution in [0.5, 0.6) is 0 Å². The third kappa shape index (κ3) is 17.4. The molecule has 0 aliphatic heterocycles. The summed E-state index contributed by atoms with van der Waals surface area (Å²) in [7, 11) is -4.31. The van der Waals surface area contributed by atoms with Crippen molar-refractivity contribution in [2.75, 3.05) is 0 Å². The van der Waals surface area contributed by atoms with E-state index in [2.05, 4.69) is 6.92 Å². The van der Waals surface area contributed by atoms with E-state index in [4.69, 9.17) is 4.74 Å². The lowest BCUT2D eigenvalue weighted by molar-refractivity contribution is -0.305. The van der Waals surface area contributed by atoms with Crippen molar-refractivity contribution in [2.24, 2.45) is 0 Å². The molecule has 0 amide bonds. The summed E-state index contributed by atoms with van der Waals surface area (Å²) in [5.74, 6) is -1.46. The normalized spacial score (nSPS) is 13.6. The molecule has 190 valence electrons. The lowest BCUT2D eigenvalue weighted by Gasteiger charge is -2.24. The van der Waals surface area contributed by atoms with Crippen LogP contribution in [0.15, 0.2) is 0 Å². The lowest BCUT2D eigenvalue weighted by atomic mass is 10.0. The van der Waals surface area contributed by atoms with Crippen LogP contribution in [0, 0.1) is 0 Å². The third-order valence-electron chi connectivity index (χ3n) is 5.84. The van der Waals surface area contributed by atoms with Gasteiger partial charge in [0.1, 0.15) is 11.4 Å². The van der Waals surface area contributed by atoms with Crippen LogP contribution in [0.2, 0.25) is 0 Å². The summed E-state index contributed by atoms with van der Waals surface area (Å²) in [5, 5.41) is 9.30. The first kappa shape index (κ1) is 30.9. The van der Waals surface area contributed by atoms with Crippen molar-refractivity contribution in [3.63, 3.8) is 0 Å². The molecule has 1 N–H and O–H groups in total. The van der Waals surface area contributed by atoms with Gasteiger partial charge in [-0.3, -0.25) is 9.35 Å². The van der Waals surface area contributed by atoms with Crippen molar-refractivity contribution in [1.82, 2.24) is 0 Å². The van der Waals surface area contributed by atoms with Gasteiger partial charge in [-0.25, -0.2) is 0 Å². The van der Waals surface area contributed by atoms with Gasteiger partial charge in [-0.2, -0.15) is 8.42 Å². The zero-order chi connectivity index (χ0) is 24.2. The van der Waals surface area contributed by atoms with Crippen LogP contribution in [0.4, 0.5) is 0 Å². The zero-order valence-electron chi connectivity index (χ0n) is 20.2. The van der Waals surface area contributed by atoms with Gasteiger partial charge >= 0.3 is 5.97 Å². The monoisotopic (exact) mass is 477 g/mol. The molecule has 0 bridgehead atoms. The Morgan fingerprint density at radius 3 is 1.72 bits per heavy atom. The highest BCUT2D eigenvalue weighted by molar-refractivity contribution is 7.86. The van der Waals surface area contributed by atoms with Gasteiger partial charge < -0.3 is 14.6 Å². The minimum absolute atomic E-state index is 0.0414. The third-order valence-corrected chi connectivity index (χ3v) is 7.24. The highest BCUT2D eigenvalue weighted by atomic mass is 32.2. The summed E-state index contributed by atoms with van der Waals surface area (Å²) in [6, 6.07) is 0. The Hall–Kier alpha value is -1.15. The fraction of sp³-hybridized carbons (Fsp3) is 0.917. The first-order valence-corrected chi connectivity index (χ1v) is 14.1. The Morgan fingerprint density at radius 1 is 0.781 bits per heavy atom. The molecule has 0 aromatic rings. The van der Waals surface area contributed by atoms with Crippen molar-refractivity contribution in [2.45, 2.75) is 141 Å². The van der Waals surface area contributed by atoms with E-state index >= 15 is 0 Å². The van der Waals surface area contributed by atoms with E-state index in [1.807, 2.05) is 0 Å². The molecule has 8 heteroatoms. The Balaban J connectivity index is 4.31. The Morgan fingerprint density at radius 2 is 1.25 bits per heavy atom. The molecule has 0 aliphatic carbocycles. The van der Waals surface area contributed by atoms with Crippen LogP contribution >= 0.6 is 0 Å². The summed E-state index contributed by atoms with van der Waals surface area (Å²) in [5.41, 5.74) is 0. The van der Waals surface area contributed by atoms with Crippen LogP contribution in [-0.2, 0) is 24.4 Å². The number of carboxylic acid groups (broad SMARTS) is 1. The molecule has 32 heavy (non-hydrogen) atoms. The van der Waals surface area contributed by atoms with Crippen LogP contribution in [0.3, 0.4) is 0 Å². The molecular formula is C24H45O7S-. The number of carboxylic acids is 1. The van der Waals surface area contributed by atoms with Crippen LogP contribution in [-0.4, -0.2) is 36.3 Å². The van der Waals surface area contributed by atoms with Gasteiger partial charge in [0, 0.05) is 12.4 Å². The van der Waals surface area contributed by atoms with Crippen molar-refractivity contribution in [3.8, 4) is 0 Å². The Labute approximate surface area is 195 Å². The number of carbonyl (C=O) groups excluding carboxylic acids is 2. The van der Waals surface area contributed by atoms with E-state index in [0.717, 1.165) is 38.5 Å². The fourth-order valence-corrected chi connectivity index (χ4v) is 4.94. The second-order valence-corrected chi connectivity index (χ2v) is 10.4. The number of carbonyl (C=O) groups is 2. The van der Waals surface area contributed by atoms with Gasteiger partial charge in [-0.15, -0.1) is 0 Å². The minimum Gasteiger partial charge on any atom is -0.550 e. The Kier molecular flexibility index (Phi) is 18.6. The second-order valence-electron chi connectivity index (χ2n) is 8.75. The fourth-order valence-electron chi connectivity index (χ4n) is 3.94. The molecule has 0 fully saturated rings. The average molecular weight is 478 g/mol. The smallest absolute Gasteiger partial charge is 0.306 e. The van der Waals surface area contributed by atoms with Crippen molar-refractivity contribution in [1.29, 1.82) is 0 Å². The highest BCUT2D eigenvalue weighted by Crippen LogP contribution is 2.21. The number of unbranched alkanes of at least 4 members (excludes halogenated alkanes) is 12. The van der Waals surface area contributed by atoms with E-state index in [1.54, 1.807) is 6.92 Å². The SMILES string of the molecule is CCCCCCCCCCCC(=O)OC(CCCCCCCC(=O)[O-])C(CC)S(=O)(=O)O. The Bertz CT molecular complexity index is 589. The number of hydrogen-bond acceptors (Lipinski definition) is 6. The molecule has 0 spiro atoms. The highest BCUT2D eigenvalue weighted by Gasteiger charge is 2.33. The van der Waals surface area contributed by atoms with Gasteiger partial charge in [0.2, 0.25) is 0 Å². The second kappa shape index (κ2) is 19.3. The summed E-state index contributed by atoms with van der Waals surface area (Å²) < 4.78 is 38.6. The van der Waals surface area contributed by atoms with Crippen LogP contribution in [0.1, 0.15) is 129 Å². The quantitative estimate of drug-likeness (QED) is 0.133. The minimum atomic E-state index is -4.31. The summed E-state index contributed by atoms with van der Waals surface area (Å²) in [6.45, 7) is 3.85. The number of ether oxygens (including phenoxy) is 1. The molecule has 0 aromatic heterocycles. The maximum Gasteiger partial charge on any atom is 0.306 e. The molecule has 0 aromatic carbocycles. The first-order valence-electron chi connectivity index (χ1n) is 12.6. The summed E-state index contributed by atoms with van der Waals surface area (Å²) in [6.07, 6.45) is 13.8. The lowest BCUT2D eigenvalue weighted by Crippen LogP contribution is -2.37. The molecule has 7 nitrogen and oxygen atoms in total. The standard InChI is InChI=1S/C24H46O7S/c1-3-5-6-7-8-9-10-14-17-20-24(27)31-21(22(4-2)32(28,29)30)18-15-12-11-13-16-19-23(25)26/h21-22H,3-20H2,1-2H3,(H,25,26)(H,28,29,30)/p-1. The molecule has 0 saturated carbocycles. The van der Waals surface area contributed by atoms with E-state index in [1.165, 1.54) is 38.5 Å². The average Bonchev–Trinajstić information content (AvgIpc) is 2.70. The first-order chi connectivity index (χ1) is 15.2. The maximum absolute atomic E-state index is 12.3. The van der Waals surface area contributed by atoms with Crippen LogP contribution < -0.4 is 5.11 Å². The van der Waals surface area contributed by atoms with Crippen molar-refractivity contribution >= 4 is 22.1 Å². The van der Waals surface area contributed by atoms with E-state index in [9.17, 15) is 27.7 Å². The summed E-state index contributed by atoms with van der Waals surface area (Å²) >= 11 is 0. The summed E-state index contributed by atoms with van der Waals surface area (Å²) in [4.78, 5) is 22.7. The molecule has 2 atom stereocenters. The van der Waals surface area contributed by atoms with Gasteiger partial charge in [0.05, 0.1) is 0 Å². The topological polar surface area (TPSA) is 121 Å². The molecule has 0 aliphatic rings. The zero-order valence-corrected chi connectivity index (χ0v) is 21.0. The van der Waals surface area contributed by atoms with E-state index in [0.29, 0.717) is 19.3 Å². The van der Waals surface area contributed by atoms with Gasteiger partial charge in [0.25, 0.3) is 10.1 Å². The molecule has 0 rings (SSSR count). The number of hydrogen-bond donors (Lipinski definition) is 1. The molecule has 0 heterocycles. The van der Waals surface area contributed by atoms with Gasteiger partial charge in [-0.05, 0) is 38.5 Å². The van der Waals surface area contributed by atoms with Crippen molar-refractivity contribution < 1.29 is 32.4 Å². The maximum atomic E-state index is 12.3. The number of esters is 1. The predicted octanol–water partition coefficient (Wildman–Crippen LogP) is 4.97. The molecule has 2 unspecified atom stereocenters. The number of aliphatic carboxylic acids is 1. The van der Waals surface area contributed by atoms with Gasteiger partial charge in [-0.1, -0.05) is 84.5 Å². The molecule has 0 radical (unpaired) electrons.